The molecular formula is C31H25NO6S. The Labute approximate surface area is 229 Å². The van der Waals surface area contributed by atoms with Gasteiger partial charge in [0.15, 0.2) is 18.1 Å². The maximum atomic E-state index is 10.8. The lowest BCUT2D eigenvalue weighted by Gasteiger charge is -2.18. The van der Waals surface area contributed by atoms with Gasteiger partial charge in [-0.2, -0.15) is 0 Å². The van der Waals surface area contributed by atoms with Crippen LogP contribution in [0.15, 0.2) is 78.9 Å². The quantitative estimate of drug-likeness (QED) is 0.233. The largest absolute Gasteiger partial charge is 0.486 e. The fourth-order valence-electron chi connectivity index (χ4n) is 4.50. The van der Waals surface area contributed by atoms with Gasteiger partial charge in [-0.1, -0.05) is 36.4 Å². The number of fused-ring (bicyclic) bond motifs is 2. The standard InChI is InChI=1S/C31H25NO6S/c1-19-14-24(9-11-25(19)38-18-29(33)34)37-17-28-32-30(22-8-10-26-27(16-22)36-13-12-35-26)31(39-28)23-7-6-20-4-2-3-5-21(20)15-23/h2-11,14-16H,12-13,17-18H2,1H3,(H,33,34). The number of carbonyl (C=O) groups is 1. The molecule has 0 bridgehead atoms. The summed E-state index contributed by atoms with van der Waals surface area (Å²) in [6.07, 6.45) is 0. The van der Waals surface area contributed by atoms with Gasteiger partial charge in [0.2, 0.25) is 0 Å². The number of hydrogen-bond donors (Lipinski definition) is 1. The summed E-state index contributed by atoms with van der Waals surface area (Å²) in [6, 6.07) is 26.0. The molecule has 39 heavy (non-hydrogen) atoms. The summed E-state index contributed by atoms with van der Waals surface area (Å²) < 4.78 is 23.0. The molecule has 0 unspecified atom stereocenters. The van der Waals surface area contributed by atoms with E-state index in [0.717, 1.165) is 49.2 Å². The van der Waals surface area contributed by atoms with Crippen LogP contribution in [0.25, 0.3) is 32.5 Å². The van der Waals surface area contributed by atoms with Crippen LogP contribution in [0.4, 0.5) is 0 Å². The van der Waals surface area contributed by atoms with E-state index in [2.05, 4.69) is 30.3 Å². The van der Waals surface area contributed by atoms with Gasteiger partial charge in [0.25, 0.3) is 0 Å². The molecule has 0 radical (unpaired) electrons. The topological polar surface area (TPSA) is 87.1 Å². The van der Waals surface area contributed by atoms with Gasteiger partial charge in [0.1, 0.15) is 36.3 Å². The maximum absolute atomic E-state index is 10.8. The molecule has 2 heterocycles. The van der Waals surface area contributed by atoms with Crippen LogP contribution in [0.1, 0.15) is 10.6 Å². The molecule has 196 valence electrons. The number of rotatable bonds is 8. The van der Waals surface area contributed by atoms with Gasteiger partial charge < -0.3 is 24.1 Å². The van der Waals surface area contributed by atoms with Crippen LogP contribution in [0, 0.1) is 6.92 Å². The van der Waals surface area contributed by atoms with E-state index < -0.39 is 5.97 Å². The van der Waals surface area contributed by atoms with Crippen molar-refractivity contribution in [3.63, 3.8) is 0 Å². The molecule has 8 heteroatoms. The number of aliphatic carboxylic acids is 1. The van der Waals surface area contributed by atoms with E-state index >= 15 is 0 Å². The third-order valence-electron chi connectivity index (χ3n) is 6.36. The Morgan fingerprint density at radius 2 is 1.69 bits per heavy atom. The predicted octanol–water partition coefficient (Wildman–Crippen LogP) is 6.75. The fraction of sp³-hybridized carbons (Fsp3) is 0.161. The number of ether oxygens (including phenoxy) is 4. The average Bonchev–Trinajstić information content (AvgIpc) is 3.39. The molecular weight excluding hydrogens is 514 g/mol. The van der Waals surface area contributed by atoms with Crippen molar-refractivity contribution < 1.29 is 28.8 Å². The van der Waals surface area contributed by atoms with Gasteiger partial charge in [-0.3, -0.25) is 0 Å². The van der Waals surface area contributed by atoms with Crippen LogP contribution < -0.4 is 18.9 Å². The Bertz CT molecular complexity index is 1680. The molecule has 6 rings (SSSR count). The zero-order valence-electron chi connectivity index (χ0n) is 21.2. The molecule has 0 saturated carbocycles. The third-order valence-corrected chi connectivity index (χ3v) is 7.44. The molecule has 1 N–H and O–H groups in total. The molecule has 7 nitrogen and oxygen atoms in total. The summed E-state index contributed by atoms with van der Waals surface area (Å²) in [4.78, 5) is 16.9. The first-order valence-electron chi connectivity index (χ1n) is 12.5. The van der Waals surface area contributed by atoms with Gasteiger partial charge in [-0.05, 0) is 71.3 Å². The zero-order valence-corrected chi connectivity index (χ0v) is 22.0. The molecule has 0 aliphatic carbocycles. The van der Waals surface area contributed by atoms with Gasteiger partial charge in [0.05, 0.1) is 10.6 Å². The lowest BCUT2D eigenvalue weighted by Crippen LogP contribution is -2.15. The van der Waals surface area contributed by atoms with E-state index in [4.69, 9.17) is 29.0 Å². The lowest BCUT2D eigenvalue weighted by atomic mass is 10.0. The number of benzene rings is 4. The molecule has 1 aromatic heterocycles. The summed E-state index contributed by atoms with van der Waals surface area (Å²) >= 11 is 1.59. The van der Waals surface area contributed by atoms with Crippen LogP contribution in [-0.4, -0.2) is 35.9 Å². The Morgan fingerprint density at radius 1 is 0.897 bits per heavy atom. The minimum absolute atomic E-state index is 0.282. The average molecular weight is 540 g/mol. The predicted molar refractivity (Wildman–Crippen MR) is 150 cm³/mol. The number of carboxylic acid groups (broad SMARTS) is 1. The zero-order chi connectivity index (χ0) is 26.8. The minimum Gasteiger partial charge on any atom is -0.486 e. The summed E-state index contributed by atoms with van der Waals surface area (Å²) in [5.74, 6) is 1.60. The first kappa shape index (κ1) is 24.8. The van der Waals surface area contributed by atoms with Crippen LogP contribution in [0.5, 0.6) is 23.0 Å². The summed E-state index contributed by atoms with van der Waals surface area (Å²) in [5.41, 5.74) is 3.68. The van der Waals surface area contributed by atoms with E-state index in [9.17, 15) is 4.79 Å². The Hall–Kier alpha value is -4.56. The van der Waals surface area contributed by atoms with Gasteiger partial charge in [-0.25, -0.2) is 9.78 Å². The van der Waals surface area contributed by atoms with Gasteiger partial charge in [-0.15, -0.1) is 11.3 Å². The number of thiazole rings is 1. The molecule has 0 saturated heterocycles. The second kappa shape index (κ2) is 10.7. The highest BCUT2D eigenvalue weighted by molar-refractivity contribution is 7.15. The summed E-state index contributed by atoms with van der Waals surface area (Å²) in [7, 11) is 0. The second-order valence-electron chi connectivity index (χ2n) is 9.10. The van der Waals surface area contributed by atoms with Crippen molar-refractivity contribution in [3.8, 4) is 44.7 Å². The number of aryl methyl sites for hydroxylation is 1. The van der Waals surface area contributed by atoms with Crippen molar-refractivity contribution in [2.45, 2.75) is 13.5 Å². The molecule has 1 aliphatic heterocycles. The molecule has 4 aromatic carbocycles. The SMILES string of the molecule is Cc1cc(OCc2nc(-c3ccc4c(c3)OCCO4)c(-c3ccc4ccccc4c3)s2)ccc1OCC(=O)O. The van der Waals surface area contributed by atoms with Crippen molar-refractivity contribution in [3.05, 3.63) is 89.4 Å². The molecule has 0 spiro atoms. The molecule has 5 aromatic rings. The number of hydrogen-bond acceptors (Lipinski definition) is 7. The maximum Gasteiger partial charge on any atom is 0.341 e. The van der Waals surface area contributed by atoms with E-state index in [1.807, 2.05) is 43.3 Å². The Kier molecular flexibility index (Phi) is 6.77. The first-order chi connectivity index (χ1) is 19.0. The van der Waals surface area contributed by atoms with Crippen LogP contribution in [-0.2, 0) is 11.4 Å². The smallest absolute Gasteiger partial charge is 0.341 e. The molecule has 1 aliphatic rings. The van der Waals surface area contributed by atoms with E-state index in [-0.39, 0.29) is 13.2 Å². The van der Waals surface area contributed by atoms with Gasteiger partial charge in [0, 0.05) is 5.56 Å². The summed E-state index contributed by atoms with van der Waals surface area (Å²) in [6.45, 7) is 2.80. The Balaban J connectivity index is 1.32. The third kappa shape index (κ3) is 5.37. The molecule has 0 atom stereocenters. The minimum atomic E-state index is -1.02. The highest BCUT2D eigenvalue weighted by Gasteiger charge is 2.19. The first-order valence-corrected chi connectivity index (χ1v) is 13.3. The highest BCUT2D eigenvalue weighted by Crippen LogP contribution is 2.41. The lowest BCUT2D eigenvalue weighted by molar-refractivity contribution is -0.139. The van der Waals surface area contributed by atoms with Crippen molar-refractivity contribution in [1.29, 1.82) is 0 Å². The van der Waals surface area contributed by atoms with Crippen LogP contribution >= 0.6 is 11.3 Å². The van der Waals surface area contributed by atoms with E-state index in [1.165, 1.54) is 5.39 Å². The normalized spacial score (nSPS) is 12.3. The number of nitrogens with zero attached hydrogens (tertiary/aromatic N) is 1. The van der Waals surface area contributed by atoms with Crippen molar-refractivity contribution >= 4 is 28.1 Å². The van der Waals surface area contributed by atoms with Crippen molar-refractivity contribution in [1.82, 2.24) is 4.98 Å². The Morgan fingerprint density at radius 3 is 2.51 bits per heavy atom. The summed E-state index contributed by atoms with van der Waals surface area (Å²) in [5, 5.41) is 12.0. The van der Waals surface area contributed by atoms with Crippen molar-refractivity contribution in [2.75, 3.05) is 19.8 Å². The van der Waals surface area contributed by atoms with Gasteiger partial charge >= 0.3 is 5.97 Å². The van der Waals surface area contributed by atoms with E-state index in [1.54, 1.807) is 23.5 Å². The molecule has 0 fully saturated rings. The van der Waals surface area contributed by atoms with Crippen molar-refractivity contribution in [2.24, 2.45) is 0 Å². The van der Waals surface area contributed by atoms with Crippen LogP contribution in [0.2, 0.25) is 0 Å². The highest BCUT2D eigenvalue weighted by atomic mass is 32.1. The second-order valence-corrected chi connectivity index (χ2v) is 10.2. The number of aromatic nitrogens is 1. The van der Waals surface area contributed by atoms with E-state index in [0.29, 0.717) is 24.7 Å². The monoisotopic (exact) mass is 539 g/mol. The fourth-order valence-corrected chi connectivity index (χ4v) is 5.49. The molecule has 0 amide bonds. The number of carboxylic acids is 1. The van der Waals surface area contributed by atoms with Crippen LogP contribution in [0.3, 0.4) is 0 Å².